The number of ether oxygens (including phenoxy) is 1. The van der Waals surface area contributed by atoms with Crippen LogP contribution in [0.4, 0.5) is 0 Å². The lowest BCUT2D eigenvalue weighted by Crippen LogP contribution is -2.20. The van der Waals surface area contributed by atoms with Crippen molar-refractivity contribution in [2.45, 2.75) is 12.5 Å². The van der Waals surface area contributed by atoms with Crippen molar-refractivity contribution in [3.8, 4) is 0 Å². The number of rotatable bonds is 4. The fraction of sp³-hybridized carbons (Fsp3) is 1.00. The summed E-state index contributed by atoms with van der Waals surface area (Å²) in [5, 5.41) is 8.78. The molecule has 1 atom stereocenters. The van der Waals surface area contributed by atoms with Gasteiger partial charge in [0.05, 0.1) is 6.10 Å². The molecule has 0 aliphatic rings. The predicted molar refractivity (Wildman–Crippen MR) is 38.8 cm³/mol. The van der Waals surface area contributed by atoms with Gasteiger partial charge in [0.1, 0.15) is 0 Å². The summed E-state index contributed by atoms with van der Waals surface area (Å²) >= 11 is 0. The average molecular weight is 156 g/mol. The van der Waals surface area contributed by atoms with Gasteiger partial charge < -0.3 is 15.6 Å². The second-order valence-electron chi connectivity index (χ2n) is 1.67. The van der Waals surface area contributed by atoms with E-state index in [1.165, 1.54) is 0 Å². The third-order valence-electron chi connectivity index (χ3n) is 0.927. The molecule has 3 N–H and O–H groups in total. The van der Waals surface area contributed by atoms with Gasteiger partial charge in [-0.3, -0.25) is 0 Å². The van der Waals surface area contributed by atoms with Crippen LogP contribution in [0.15, 0.2) is 0 Å². The zero-order chi connectivity index (χ0) is 6.41. The van der Waals surface area contributed by atoms with Crippen molar-refractivity contribution in [3.63, 3.8) is 0 Å². The summed E-state index contributed by atoms with van der Waals surface area (Å²) in [6, 6.07) is 0. The summed E-state index contributed by atoms with van der Waals surface area (Å²) in [4.78, 5) is 0. The number of methoxy groups -OCH3 is 1. The van der Waals surface area contributed by atoms with E-state index < -0.39 is 6.10 Å². The smallest absolute Gasteiger partial charge is 0.0684 e. The highest BCUT2D eigenvalue weighted by atomic mass is 35.5. The summed E-state index contributed by atoms with van der Waals surface area (Å²) in [6.07, 6.45) is 0.238. The lowest BCUT2D eigenvalue weighted by atomic mass is 10.3. The van der Waals surface area contributed by atoms with Gasteiger partial charge in [-0.15, -0.1) is 12.4 Å². The summed E-state index contributed by atoms with van der Waals surface area (Å²) in [6.45, 7) is 0.904. The van der Waals surface area contributed by atoms with Crippen LogP contribution in [0.25, 0.3) is 0 Å². The van der Waals surface area contributed by atoms with Gasteiger partial charge in [0.25, 0.3) is 0 Å². The SMILES string of the molecule is COCCC(O)CN.Cl. The van der Waals surface area contributed by atoms with Gasteiger partial charge in [-0.2, -0.15) is 0 Å². The molecule has 4 heteroatoms. The highest BCUT2D eigenvalue weighted by Gasteiger charge is 1.97. The second-order valence-corrected chi connectivity index (χ2v) is 1.67. The monoisotopic (exact) mass is 155 g/mol. The molecule has 58 valence electrons. The average Bonchev–Trinajstić information content (AvgIpc) is 1.83. The van der Waals surface area contributed by atoms with E-state index in [-0.39, 0.29) is 12.4 Å². The molecule has 1 unspecified atom stereocenters. The minimum absolute atomic E-state index is 0. The maximum atomic E-state index is 8.78. The first-order valence-electron chi connectivity index (χ1n) is 2.68. The molecule has 0 rings (SSSR count). The number of aliphatic hydroxyl groups excluding tert-OH is 1. The van der Waals surface area contributed by atoms with Crippen molar-refractivity contribution in [3.05, 3.63) is 0 Å². The van der Waals surface area contributed by atoms with E-state index in [1.54, 1.807) is 7.11 Å². The molecule has 0 heterocycles. The number of hydrogen-bond donors (Lipinski definition) is 2. The van der Waals surface area contributed by atoms with Gasteiger partial charge in [-0.05, 0) is 6.42 Å². The molecular formula is C5H14ClNO2. The Hall–Kier alpha value is 0.170. The molecule has 9 heavy (non-hydrogen) atoms. The molecule has 0 aromatic carbocycles. The molecule has 0 amide bonds. The maximum Gasteiger partial charge on any atom is 0.0684 e. The van der Waals surface area contributed by atoms with Crippen LogP contribution in [0.1, 0.15) is 6.42 Å². The van der Waals surface area contributed by atoms with E-state index in [9.17, 15) is 0 Å². The second kappa shape index (κ2) is 8.17. The molecule has 0 saturated heterocycles. The van der Waals surface area contributed by atoms with Gasteiger partial charge in [-0.25, -0.2) is 0 Å². The van der Waals surface area contributed by atoms with Crippen molar-refractivity contribution in [1.82, 2.24) is 0 Å². The van der Waals surface area contributed by atoms with E-state index in [4.69, 9.17) is 15.6 Å². The first-order chi connectivity index (χ1) is 3.81. The summed E-state index contributed by atoms with van der Waals surface area (Å²) < 4.78 is 4.70. The van der Waals surface area contributed by atoms with Gasteiger partial charge in [-0.1, -0.05) is 0 Å². The fourth-order valence-corrected chi connectivity index (χ4v) is 0.372. The van der Waals surface area contributed by atoms with Crippen LogP contribution in [-0.2, 0) is 4.74 Å². The van der Waals surface area contributed by atoms with E-state index in [0.717, 1.165) is 0 Å². The Morgan fingerprint density at radius 3 is 2.56 bits per heavy atom. The number of halogens is 1. The van der Waals surface area contributed by atoms with Crippen molar-refractivity contribution in [2.75, 3.05) is 20.3 Å². The van der Waals surface area contributed by atoms with E-state index in [2.05, 4.69) is 0 Å². The number of aliphatic hydroxyl groups is 1. The zero-order valence-electron chi connectivity index (χ0n) is 5.54. The molecule has 0 radical (unpaired) electrons. The van der Waals surface area contributed by atoms with Crippen LogP contribution < -0.4 is 5.73 Å². The molecular weight excluding hydrogens is 142 g/mol. The van der Waals surface area contributed by atoms with Crippen LogP contribution in [0.3, 0.4) is 0 Å². The first-order valence-corrected chi connectivity index (χ1v) is 2.68. The number of hydrogen-bond acceptors (Lipinski definition) is 3. The first kappa shape index (κ1) is 11.9. The lowest BCUT2D eigenvalue weighted by molar-refractivity contribution is 0.115. The van der Waals surface area contributed by atoms with Gasteiger partial charge in [0.2, 0.25) is 0 Å². The third kappa shape index (κ3) is 8.17. The van der Waals surface area contributed by atoms with Gasteiger partial charge in [0.15, 0.2) is 0 Å². The summed E-state index contributed by atoms with van der Waals surface area (Å²) in [5.74, 6) is 0. The Balaban J connectivity index is 0. The molecule has 0 aromatic heterocycles. The summed E-state index contributed by atoms with van der Waals surface area (Å²) in [7, 11) is 1.60. The molecule has 0 aliphatic heterocycles. The maximum absolute atomic E-state index is 8.78. The van der Waals surface area contributed by atoms with Crippen LogP contribution in [-0.4, -0.2) is 31.5 Å². The molecule has 0 aliphatic carbocycles. The fourth-order valence-electron chi connectivity index (χ4n) is 0.372. The van der Waals surface area contributed by atoms with Crippen molar-refractivity contribution in [2.24, 2.45) is 5.73 Å². The molecule has 3 nitrogen and oxygen atoms in total. The quantitative estimate of drug-likeness (QED) is 0.590. The lowest BCUT2D eigenvalue weighted by Gasteiger charge is -2.04. The van der Waals surface area contributed by atoms with Crippen molar-refractivity contribution in [1.29, 1.82) is 0 Å². The van der Waals surface area contributed by atoms with Crippen LogP contribution >= 0.6 is 12.4 Å². The van der Waals surface area contributed by atoms with Gasteiger partial charge in [0, 0.05) is 20.3 Å². The third-order valence-corrected chi connectivity index (χ3v) is 0.927. The summed E-state index contributed by atoms with van der Waals surface area (Å²) in [5.41, 5.74) is 5.11. The Morgan fingerprint density at radius 1 is 1.67 bits per heavy atom. The van der Waals surface area contributed by atoms with Crippen molar-refractivity contribution < 1.29 is 9.84 Å². The predicted octanol–water partition coefficient (Wildman–Crippen LogP) is -0.236. The topological polar surface area (TPSA) is 55.5 Å². The molecule has 0 saturated carbocycles. The number of nitrogens with two attached hydrogens (primary N) is 1. The Bertz CT molecular complexity index is 54.2. The minimum Gasteiger partial charge on any atom is -0.392 e. The van der Waals surface area contributed by atoms with E-state index >= 15 is 0 Å². The van der Waals surface area contributed by atoms with Crippen LogP contribution in [0.5, 0.6) is 0 Å². The van der Waals surface area contributed by atoms with Gasteiger partial charge >= 0.3 is 0 Å². The van der Waals surface area contributed by atoms with Crippen LogP contribution in [0, 0.1) is 0 Å². The van der Waals surface area contributed by atoms with Crippen molar-refractivity contribution >= 4 is 12.4 Å². The standard InChI is InChI=1S/C5H13NO2.ClH/c1-8-3-2-5(7)4-6;/h5,7H,2-4,6H2,1H3;1H. The Labute approximate surface area is 61.6 Å². The Morgan fingerprint density at radius 2 is 2.22 bits per heavy atom. The molecule has 0 spiro atoms. The largest absolute Gasteiger partial charge is 0.392 e. The Kier molecular flexibility index (Phi) is 10.8. The van der Waals surface area contributed by atoms with Crippen LogP contribution in [0.2, 0.25) is 0 Å². The molecule has 0 fully saturated rings. The zero-order valence-corrected chi connectivity index (χ0v) is 6.36. The molecule has 0 aromatic rings. The van der Waals surface area contributed by atoms with E-state index in [0.29, 0.717) is 19.6 Å². The van der Waals surface area contributed by atoms with E-state index in [1.807, 2.05) is 0 Å². The minimum atomic E-state index is -0.394. The highest BCUT2D eigenvalue weighted by molar-refractivity contribution is 5.85. The molecule has 0 bridgehead atoms. The normalized spacial score (nSPS) is 12.3. The highest BCUT2D eigenvalue weighted by Crippen LogP contribution is 1.86.